The Bertz CT molecular complexity index is 520. The molecule has 0 saturated carbocycles. The summed E-state index contributed by atoms with van der Waals surface area (Å²) in [6, 6.07) is 8.71. The summed E-state index contributed by atoms with van der Waals surface area (Å²) in [5, 5.41) is 10.8. The van der Waals surface area contributed by atoms with Crippen LogP contribution >= 0.6 is 0 Å². The van der Waals surface area contributed by atoms with Gasteiger partial charge in [0.05, 0.1) is 5.69 Å². The molecule has 0 unspecified atom stereocenters. The molecule has 4 nitrogen and oxygen atoms in total. The van der Waals surface area contributed by atoms with E-state index in [0.717, 1.165) is 16.5 Å². The fraction of sp³-hybridized carbons (Fsp3) is 0.167. The molecular formula is C12H12N2O2. The van der Waals surface area contributed by atoms with Gasteiger partial charge in [0.15, 0.2) is 0 Å². The van der Waals surface area contributed by atoms with E-state index in [4.69, 9.17) is 10.8 Å². The molecule has 4 heteroatoms. The third-order valence-electron chi connectivity index (χ3n) is 2.49. The van der Waals surface area contributed by atoms with Crippen molar-refractivity contribution in [2.75, 3.05) is 0 Å². The van der Waals surface area contributed by atoms with Gasteiger partial charge in [0.1, 0.15) is 6.04 Å². The van der Waals surface area contributed by atoms with Crippen LogP contribution < -0.4 is 5.73 Å². The molecule has 0 spiro atoms. The van der Waals surface area contributed by atoms with Crippen LogP contribution in [0.25, 0.3) is 10.8 Å². The first kappa shape index (κ1) is 10.6. The number of aromatic nitrogens is 1. The molecule has 82 valence electrons. The summed E-state index contributed by atoms with van der Waals surface area (Å²) in [6.07, 6.45) is 1.92. The van der Waals surface area contributed by atoms with Gasteiger partial charge in [-0.2, -0.15) is 0 Å². The van der Waals surface area contributed by atoms with Crippen molar-refractivity contribution >= 4 is 16.7 Å². The molecule has 0 aliphatic heterocycles. The maximum Gasteiger partial charge on any atom is 0.320 e. The summed E-state index contributed by atoms with van der Waals surface area (Å²) in [5.74, 6) is -1.00. The lowest BCUT2D eigenvalue weighted by Gasteiger charge is -2.08. The molecule has 0 fully saturated rings. The van der Waals surface area contributed by atoms with Gasteiger partial charge in [0, 0.05) is 18.0 Å². The van der Waals surface area contributed by atoms with Gasteiger partial charge in [0.2, 0.25) is 0 Å². The van der Waals surface area contributed by atoms with E-state index in [9.17, 15) is 4.79 Å². The van der Waals surface area contributed by atoms with Crippen molar-refractivity contribution < 1.29 is 9.90 Å². The molecule has 0 saturated heterocycles. The smallest absolute Gasteiger partial charge is 0.320 e. The Kier molecular flexibility index (Phi) is 2.83. The topological polar surface area (TPSA) is 76.2 Å². The number of aliphatic carboxylic acids is 1. The van der Waals surface area contributed by atoms with E-state index in [-0.39, 0.29) is 6.42 Å². The first-order valence-corrected chi connectivity index (χ1v) is 4.99. The number of carboxylic acids is 1. The second-order valence-corrected chi connectivity index (χ2v) is 3.63. The zero-order valence-electron chi connectivity index (χ0n) is 8.63. The van der Waals surface area contributed by atoms with E-state index in [0.29, 0.717) is 0 Å². The number of pyridine rings is 1. The summed E-state index contributed by atoms with van der Waals surface area (Å²) in [6.45, 7) is 0. The average molecular weight is 216 g/mol. The van der Waals surface area contributed by atoms with E-state index < -0.39 is 12.0 Å². The third-order valence-corrected chi connectivity index (χ3v) is 2.49. The van der Waals surface area contributed by atoms with Crippen LogP contribution in [0.2, 0.25) is 0 Å². The van der Waals surface area contributed by atoms with Gasteiger partial charge in [0.25, 0.3) is 0 Å². The second kappa shape index (κ2) is 4.28. The predicted molar refractivity (Wildman–Crippen MR) is 61.1 cm³/mol. The number of carboxylic acid groups (broad SMARTS) is 1. The monoisotopic (exact) mass is 216 g/mol. The maximum absolute atomic E-state index is 10.7. The molecule has 1 atom stereocenters. The van der Waals surface area contributed by atoms with Crippen LogP contribution in [0.4, 0.5) is 0 Å². The van der Waals surface area contributed by atoms with Crippen LogP contribution in [-0.2, 0) is 11.2 Å². The molecule has 1 aromatic heterocycles. The minimum Gasteiger partial charge on any atom is -0.480 e. The van der Waals surface area contributed by atoms with Gasteiger partial charge in [-0.15, -0.1) is 0 Å². The molecule has 0 aliphatic carbocycles. The average Bonchev–Trinajstić information content (AvgIpc) is 2.29. The lowest BCUT2D eigenvalue weighted by molar-refractivity contribution is -0.138. The first-order valence-electron chi connectivity index (χ1n) is 4.99. The predicted octanol–water partition coefficient (Wildman–Crippen LogP) is 1.19. The van der Waals surface area contributed by atoms with Crippen LogP contribution in [0.3, 0.4) is 0 Å². The van der Waals surface area contributed by atoms with E-state index >= 15 is 0 Å². The van der Waals surface area contributed by atoms with Gasteiger partial charge < -0.3 is 10.8 Å². The Morgan fingerprint density at radius 2 is 2.12 bits per heavy atom. The third kappa shape index (κ3) is 2.01. The summed E-state index contributed by atoms with van der Waals surface area (Å²) in [4.78, 5) is 14.9. The Balaban J connectivity index is 2.41. The number of hydrogen-bond acceptors (Lipinski definition) is 3. The van der Waals surface area contributed by atoms with Crippen molar-refractivity contribution in [3.63, 3.8) is 0 Å². The van der Waals surface area contributed by atoms with E-state index in [2.05, 4.69) is 4.98 Å². The minimum absolute atomic E-state index is 0.247. The molecule has 3 N–H and O–H groups in total. The molecule has 0 bridgehead atoms. The molecular weight excluding hydrogens is 204 g/mol. The van der Waals surface area contributed by atoms with Gasteiger partial charge >= 0.3 is 5.97 Å². The van der Waals surface area contributed by atoms with Crippen molar-refractivity contribution in [2.45, 2.75) is 12.5 Å². The number of nitrogens with zero attached hydrogens (tertiary/aromatic N) is 1. The number of benzene rings is 1. The highest BCUT2D eigenvalue weighted by Crippen LogP contribution is 2.17. The Hall–Kier alpha value is -1.94. The lowest BCUT2D eigenvalue weighted by Crippen LogP contribution is -2.32. The molecule has 0 radical (unpaired) electrons. The zero-order valence-corrected chi connectivity index (χ0v) is 8.63. The van der Waals surface area contributed by atoms with Crippen molar-refractivity contribution in [2.24, 2.45) is 5.73 Å². The van der Waals surface area contributed by atoms with Crippen LogP contribution in [-0.4, -0.2) is 22.1 Å². The fourth-order valence-corrected chi connectivity index (χ4v) is 1.64. The van der Waals surface area contributed by atoms with Crippen molar-refractivity contribution in [1.82, 2.24) is 4.98 Å². The van der Waals surface area contributed by atoms with Crippen molar-refractivity contribution in [3.05, 3.63) is 42.2 Å². The summed E-state index contributed by atoms with van der Waals surface area (Å²) >= 11 is 0. The maximum atomic E-state index is 10.7. The summed E-state index contributed by atoms with van der Waals surface area (Å²) < 4.78 is 0. The Labute approximate surface area is 92.7 Å². The second-order valence-electron chi connectivity index (χ2n) is 3.63. The van der Waals surface area contributed by atoms with E-state index in [1.54, 1.807) is 6.20 Å². The summed E-state index contributed by atoms with van der Waals surface area (Å²) in [7, 11) is 0. The number of rotatable bonds is 3. The summed E-state index contributed by atoms with van der Waals surface area (Å²) in [5.41, 5.74) is 6.23. The van der Waals surface area contributed by atoms with Gasteiger partial charge in [-0.25, -0.2) is 0 Å². The van der Waals surface area contributed by atoms with Crippen LogP contribution in [0, 0.1) is 0 Å². The van der Waals surface area contributed by atoms with E-state index in [1.807, 2.05) is 30.3 Å². The van der Waals surface area contributed by atoms with Crippen LogP contribution in [0.5, 0.6) is 0 Å². The lowest BCUT2D eigenvalue weighted by atomic mass is 10.0. The number of fused-ring (bicyclic) bond motifs is 1. The molecule has 2 rings (SSSR count). The standard InChI is InChI=1S/C12H12N2O2/c13-10(12(15)16)7-11-9-4-2-1-3-8(9)5-6-14-11/h1-6,10H,7,13H2,(H,15,16)/t10-/m0/s1. The Morgan fingerprint density at radius 3 is 2.88 bits per heavy atom. The highest BCUT2D eigenvalue weighted by atomic mass is 16.4. The molecule has 1 aromatic carbocycles. The van der Waals surface area contributed by atoms with Gasteiger partial charge in [-0.05, 0) is 11.5 Å². The Morgan fingerprint density at radius 1 is 1.38 bits per heavy atom. The van der Waals surface area contributed by atoms with Crippen LogP contribution in [0.1, 0.15) is 5.69 Å². The molecule has 0 aliphatic rings. The first-order chi connectivity index (χ1) is 7.68. The number of hydrogen-bond donors (Lipinski definition) is 2. The highest BCUT2D eigenvalue weighted by molar-refractivity contribution is 5.85. The SMILES string of the molecule is N[C@@H](Cc1nccc2ccccc12)C(=O)O. The normalized spacial score (nSPS) is 12.6. The molecule has 0 amide bonds. The number of carbonyl (C=O) groups is 1. The van der Waals surface area contributed by atoms with Crippen molar-refractivity contribution in [1.29, 1.82) is 0 Å². The number of nitrogens with two attached hydrogens (primary N) is 1. The molecule has 1 heterocycles. The fourth-order valence-electron chi connectivity index (χ4n) is 1.64. The van der Waals surface area contributed by atoms with E-state index in [1.165, 1.54) is 0 Å². The largest absolute Gasteiger partial charge is 0.480 e. The van der Waals surface area contributed by atoms with Crippen LogP contribution in [0.15, 0.2) is 36.5 Å². The molecule has 16 heavy (non-hydrogen) atoms. The van der Waals surface area contributed by atoms with Gasteiger partial charge in [-0.3, -0.25) is 9.78 Å². The zero-order chi connectivity index (χ0) is 11.5. The quantitative estimate of drug-likeness (QED) is 0.808. The molecule has 2 aromatic rings. The van der Waals surface area contributed by atoms with Crippen molar-refractivity contribution in [3.8, 4) is 0 Å². The minimum atomic E-state index is -1.00. The highest BCUT2D eigenvalue weighted by Gasteiger charge is 2.14. The van der Waals surface area contributed by atoms with Gasteiger partial charge in [-0.1, -0.05) is 24.3 Å².